The second-order valence-corrected chi connectivity index (χ2v) is 10.8. The van der Waals surface area contributed by atoms with Gasteiger partial charge in [0.05, 0.1) is 23.6 Å². The summed E-state index contributed by atoms with van der Waals surface area (Å²) in [6.45, 7) is 4.19. The van der Waals surface area contributed by atoms with Crippen LogP contribution >= 0.6 is 0 Å². The maximum absolute atomic E-state index is 13.0. The molecule has 0 saturated carbocycles. The highest BCUT2D eigenvalue weighted by atomic mass is 19.4. The zero-order chi connectivity index (χ0) is 32.0. The number of anilines is 4. The molecule has 0 radical (unpaired) electrons. The zero-order valence-electron chi connectivity index (χ0n) is 24.4. The van der Waals surface area contributed by atoms with E-state index >= 15 is 0 Å². The minimum atomic E-state index is -4.58. The topological polar surface area (TPSA) is 125 Å². The molecule has 4 aromatic rings. The molecule has 0 bridgehead atoms. The average molecular weight is 622 g/mol. The molecular formula is C32H32F3N6O4+. The second-order valence-electron chi connectivity index (χ2n) is 10.8. The summed E-state index contributed by atoms with van der Waals surface area (Å²) in [6, 6.07) is 15.9. The van der Waals surface area contributed by atoms with Crippen molar-refractivity contribution < 1.29 is 37.4 Å². The van der Waals surface area contributed by atoms with Gasteiger partial charge in [0.1, 0.15) is 32.0 Å². The van der Waals surface area contributed by atoms with Crippen LogP contribution in [0.15, 0.2) is 79.1 Å². The summed E-state index contributed by atoms with van der Waals surface area (Å²) in [5.74, 6) is -0.243. The summed E-state index contributed by atoms with van der Waals surface area (Å²) < 4.78 is 44.9. The Balaban J connectivity index is 1.15. The summed E-state index contributed by atoms with van der Waals surface area (Å²) in [7, 11) is 0. The summed E-state index contributed by atoms with van der Waals surface area (Å²) in [5, 5.41) is 18.7. The number of aryl methyl sites for hydroxylation is 1. The van der Waals surface area contributed by atoms with Crippen molar-refractivity contribution in [2.75, 3.05) is 42.2 Å². The second kappa shape index (κ2) is 13.3. The van der Waals surface area contributed by atoms with E-state index in [1.807, 2.05) is 12.1 Å². The smallest absolute Gasteiger partial charge is 0.416 e. The van der Waals surface area contributed by atoms with Gasteiger partial charge in [-0.15, -0.1) is 0 Å². The summed E-state index contributed by atoms with van der Waals surface area (Å²) in [5.41, 5.74) is 1.06. The molecule has 13 heteroatoms. The lowest BCUT2D eigenvalue weighted by molar-refractivity contribution is -1.09. The van der Waals surface area contributed by atoms with Crippen LogP contribution < -0.4 is 20.7 Å². The average Bonchev–Trinajstić information content (AvgIpc) is 3.45. The normalized spacial score (nSPS) is 14.1. The van der Waals surface area contributed by atoms with E-state index in [0.29, 0.717) is 36.1 Å². The van der Waals surface area contributed by atoms with E-state index in [-0.39, 0.29) is 21.5 Å². The van der Waals surface area contributed by atoms with E-state index < -0.39 is 23.6 Å². The number of hydrogen-bond acceptors (Lipinski definition) is 7. The maximum atomic E-state index is 13.0. The van der Waals surface area contributed by atoms with Crippen LogP contribution in [0.1, 0.15) is 44.7 Å². The molecule has 234 valence electrons. The minimum Gasteiger partial charge on any atom is -0.488 e. The van der Waals surface area contributed by atoms with Gasteiger partial charge in [0.15, 0.2) is 0 Å². The van der Waals surface area contributed by atoms with E-state index in [1.165, 1.54) is 24.5 Å². The van der Waals surface area contributed by atoms with Crippen molar-refractivity contribution in [1.29, 1.82) is 0 Å². The lowest BCUT2D eigenvalue weighted by atomic mass is 10.1. The van der Waals surface area contributed by atoms with Gasteiger partial charge in [-0.05, 0) is 67.1 Å². The van der Waals surface area contributed by atoms with Crippen LogP contribution in [0.25, 0.3) is 0 Å². The third-order valence-corrected chi connectivity index (χ3v) is 7.39. The number of likely N-dealkylation sites (tertiary alicyclic amines) is 1. The number of aromatic nitrogens is 2. The van der Waals surface area contributed by atoms with Crippen molar-refractivity contribution in [3.63, 3.8) is 0 Å². The number of nitrogens with zero attached hydrogens (tertiary/aromatic N) is 3. The number of amides is 2. The SMILES string of the molecule is Cc1ccc(NC(=O)c2cccc(C(F)(F)F)c2)cc1C(=O)Nc1cnc(Nc2ccc(OCC[N+]3(O)CCCC3)cc2)nc1. The Morgan fingerprint density at radius 1 is 0.889 bits per heavy atom. The van der Waals surface area contributed by atoms with Gasteiger partial charge in [-0.1, -0.05) is 12.1 Å². The first-order chi connectivity index (χ1) is 21.5. The van der Waals surface area contributed by atoms with Gasteiger partial charge in [0.2, 0.25) is 5.95 Å². The van der Waals surface area contributed by atoms with Crippen molar-refractivity contribution in [2.24, 2.45) is 0 Å². The van der Waals surface area contributed by atoms with Crippen LogP contribution in [0, 0.1) is 6.92 Å². The zero-order valence-corrected chi connectivity index (χ0v) is 24.4. The summed E-state index contributed by atoms with van der Waals surface area (Å²) in [4.78, 5) is 34.1. The highest BCUT2D eigenvalue weighted by Crippen LogP contribution is 2.30. The van der Waals surface area contributed by atoms with Crippen LogP contribution in [0.2, 0.25) is 0 Å². The first kappa shape index (κ1) is 31.4. The largest absolute Gasteiger partial charge is 0.488 e. The number of benzene rings is 3. The highest BCUT2D eigenvalue weighted by molar-refractivity contribution is 6.08. The van der Waals surface area contributed by atoms with Crippen LogP contribution in [0.4, 0.5) is 36.2 Å². The molecular weight excluding hydrogens is 589 g/mol. The number of carbonyl (C=O) groups excluding carboxylic acids is 2. The third kappa shape index (κ3) is 8.34. The fraction of sp³-hybridized carbons (Fsp3) is 0.250. The number of halogens is 3. The van der Waals surface area contributed by atoms with Gasteiger partial charge in [-0.25, -0.2) is 15.2 Å². The molecule has 2 heterocycles. The van der Waals surface area contributed by atoms with Gasteiger partial charge in [0, 0.05) is 35.3 Å². The first-order valence-electron chi connectivity index (χ1n) is 14.3. The van der Waals surface area contributed by atoms with Crippen LogP contribution in [-0.4, -0.2) is 57.9 Å². The molecule has 0 aliphatic carbocycles. The Morgan fingerprint density at radius 3 is 2.24 bits per heavy atom. The van der Waals surface area contributed by atoms with E-state index in [9.17, 15) is 28.0 Å². The number of alkyl halides is 3. The van der Waals surface area contributed by atoms with Crippen molar-refractivity contribution in [2.45, 2.75) is 25.9 Å². The Bertz CT molecular complexity index is 1660. The molecule has 45 heavy (non-hydrogen) atoms. The van der Waals surface area contributed by atoms with Crippen LogP contribution in [0.3, 0.4) is 0 Å². The molecule has 3 aromatic carbocycles. The molecule has 0 atom stereocenters. The molecule has 4 N–H and O–H groups in total. The Kier molecular flexibility index (Phi) is 9.30. The monoisotopic (exact) mass is 621 g/mol. The minimum absolute atomic E-state index is 0.0595. The predicted molar refractivity (Wildman–Crippen MR) is 162 cm³/mol. The molecule has 1 fully saturated rings. The van der Waals surface area contributed by atoms with Crippen molar-refractivity contribution >= 4 is 34.8 Å². The third-order valence-electron chi connectivity index (χ3n) is 7.39. The molecule has 0 spiro atoms. The fourth-order valence-corrected chi connectivity index (χ4v) is 4.88. The van der Waals surface area contributed by atoms with Crippen molar-refractivity contribution in [1.82, 2.24) is 9.97 Å². The Labute approximate surface area is 257 Å². The quantitative estimate of drug-likeness (QED) is 0.150. The van der Waals surface area contributed by atoms with Crippen LogP contribution in [0.5, 0.6) is 5.75 Å². The van der Waals surface area contributed by atoms with Gasteiger partial charge in [-0.3, -0.25) is 9.59 Å². The fourth-order valence-electron chi connectivity index (χ4n) is 4.88. The van der Waals surface area contributed by atoms with Gasteiger partial charge in [-0.2, -0.15) is 17.8 Å². The van der Waals surface area contributed by atoms with E-state index in [4.69, 9.17) is 4.74 Å². The van der Waals surface area contributed by atoms with Gasteiger partial charge in [0.25, 0.3) is 11.8 Å². The van der Waals surface area contributed by atoms with Crippen molar-refractivity contribution in [3.8, 4) is 5.75 Å². The Morgan fingerprint density at radius 2 is 1.56 bits per heavy atom. The standard InChI is InChI=1S/C32H31F3N6O4/c1-21-7-8-25(38-29(42)22-5-4-6-23(17-22)32(33,34)35)18-28(21)30(43)39-26-19-36-31(37-20-26)40-24-9-11-27(12-10-24)45-16-15-41(44)13-2-3-14-41/h4-12,17-20,44H,2-3,13-16H2,1H3,(H2-,36,37,38,39,40,42,43)/p+1. The van der Waals surface area contributed by atoms with Gasteiger partial charge < -0.3 is 20.7 Å². The first-order valence-corrected chi connectivity index (χ1v) is 14.3. The molecule has 10 nitrogen and oxygen atoms in total. The van der Waals surface area contributed by atoms with E-state index in [0.717, 1.165) is 49.8 Å². The molecule has 0 unspecified atom stereocenters. The number of ether oxygens (including phenoxy) is 1. The number of nitrogens with one attached hydrogen (secondary N) is 3. The number of carbonyl (C=O) groups is 2. The number of rotatable bonds is 10. The molecule has 2 amide bonds. The summed E-state index contributed by atoms with van der Waals surface area (Å²) >= 11 is 0. The molecule has 1 aliphatic heterocycles. The van der Waals surface area contributed by atoms with Crippen LogP contribution in [-0.2, 0) is 6.18 Å². The lowest BCUT2D eigenvalue weighted by Crippen LogP contribution is -2.44. The summed E-state index contributed by atoms with van der Waals surface area (Å²) in [6.07, 6.45) is 0.344. The number of hydrogen-bond donors (Lipinski definition) is 4. The Hall–Kier alpha value is -5.01. The molecule has 1 aliphatic rings. The molecule has 1 saturated heterocycles. The number of quaternary nitrogens is 1. The lowest BCUT2D eigenvalue weighted by Gasteiger charge is -2.24. The highest BCUT2D eigenvalue weighted by Gasteiger charge is 2.31. The molecule has 1 aromatic heterocycles. The molecule has 5 rings (SSSR count). The maximum Gasteiger partial charge on any atom is 0.416 e. The number of hydroxylamine groups is 3. The van der Waals surface area contributed by atoms with E-state index in [1.54, 1.807) is 31.2 Å². The van der Waals surface area contributed by atoms with E-state index in [2.05, 4.69) is 25.9 Å². The predicted octanol–water partition coefficient (Wildman–Crippen LogP) is 6.43. The van der Waals surface area contributed by atoms with Gasteiger partial charge >= 0.3 is 6.18 Å². The van der Waals surface area contributed by atoms with Crippen molar-refractivity contribution in [3.05, 3.63) is 101 Å².